The van der Waals surface area contributed by atoms with Crippen LogP contribution in [0, 0.1) is 0 Å². The highest BCUT2D eigenvalue weighted by atomic mass is 15.0. The number of benzene rings is 9. The summed E-state index contributed by atoms with van der Waals surface area (Å²) >= 11 is 0. The molecule has 0 radical (unpaired) electrons. The van der Waals surface area contributed by atoms with Gasteiger partial charge in [0.1, 0.15) is 0 Å². The molecule has 0 amide bonds. The normalized spacial score (nSPS) is 13.9. The number of hydrogen-bond acceptors (Lipinski definition) is 0. The third kappa shape index (κ3) is 4.47. The molecule has 12 rings (SSSR count). The average molecular weight is 698 g/mol. The fourth-order valence-electron chi connectivity index (χ4n) is 9.96. The van der Waals surface area contributed by atoms with Gasteiger partial charge in [-0.25, -0.2) is 0 Å². The fourth-order valence-corrected chi connectivity index (χ4v) is 9.96. The van der Waals surface area contributed by atoms with Crippen LogP contribution >= 0.6 is 0 Å². The summed E-state index contributed by atoms with van der Waals surface area (Å²) in [5.41, 5.74) is 21.1. The van der Waals surface area contributed by atoms with Crippen LogP contribution < -0.4 is 0 Å². The topological polar surface area (TPSA) is 4.93 Å². The summed E-state index contributed by atoms with van der Waals surface area (Å²) in [7, 11) is 0. The highest BCUT2D eigenvalue weighted by molar-refractivity contribution is 6.10. The van der Waals surface area contributed by atoms with Crippen molar-refractivity contribution < 1.29 is 0 Å². The summed E-state index contributed by atoms with van der Waals surface area (Å²) < 4.78 is 2.39. The van der Waals surface area contributed by atoms with E-state index in [9.17, 15) is 0 Å². The molecule has 1 atom stereocenters. The smallest absolute Gasteiger partial charge is 0.0541 e. The van der Waals surface area contributed by atoms with Crippen molar-refractivity contribution in [2.75, 3.05) is 0 Å². The summed E-state index contributed by atoms with van der Waals surface area (Å²) in [5, 5.41) is 5.18. The van der Waals surface area contributed by atoms with Crippen molar-refractivity contribution in [1.82, 2.24) is 4.57 Å². The highest BCUT2D eigenvalue weighted by Crippen LogP contribution is 2.51. The van der Waals surface area contributed by atoms with Gasteiger partial charge in [0.25, 0.3) is 0 Å². The number of aromatic nitrogens is 1. The Balaban J connectivity index is 1.02. The molecular weight excluding hydrogens is 663 g/mol. The van der Waals surface area contributed by atoms with Crippen LogP contribution in [-0.2, 0) is 6.42 Å². The summed E-state index contributed by atoms with van der Waals surface area (Å²) in [6, 6.07) is 72.4. The number of nitrogens with zero attached hydrogens (tertiary/aromatic N) is 1. The van der Waals surface area contributed by atoms with E-state index < -0.39 is 0 Å². The molecule has 1 aromatic heterocycles. The summed E-state index contributed by atoms with van der Waals surface area (Å²) in [6.07, 6.45) is 0.975. The number of rotatable bonds is 4. The molecule has 256 valence electrons. The Morgan fingerprint density at radius 1 is 0.345 bits per heavy atom. The van der Waals surface area contributed by atoms with E-state index in [2.05, 4.69) is 199 Å². The lowest BCUT2D eigenvalue weighted by Gasteiger charge is -2.20. The molecule has 1 heteroatoms. The summed E-state index contributed by atoms with van der Waals surface area (Å²) in [4.78, 5) is 0. The van der Waals surface area contributed by atoms with Gasteiger partial charge < -0.3 is 4.57 Å². The second-order valence-electron chi connectivity index (χ2n) is 15.2. The van der Waals surface area contributed by atoms with Gasteiger partial charge in [-0.2, -0.15) is 0 Å². The Kier molecular flexibility index (Phi) is 6.53. The van der Waals surface area contributed by atoms with Crippen LogP contribution in [0.3, 0.4) is 0 Å². The van der Waals surface area contributed by atoms with Crippen LogP contribution in [0.2, 0.25) is 0 Å². The van der Waals surface area contributed by atoms with E-state index in [1.54, 1.807) is 0 Å². The Labute approximate surface area is 320 Å². The molecule has 2 aliphatic carbocycles. The molecule has 1 unspecified atom stereocenters. The Morgan fingerprint density at radius 2 is 0.945 bits per heavy atom. The SMILES string of the molecule is c1ccc(-n2c3ccccc3c3cc(-c4ccc5c(c4)C(c4cccc6c(-c7cccc8c7Cc7ccccc7-8)cccc46)c4ccccc4-5)ccc32)cc1. The molecule has 0 aliphatic heterocycles. The van der Waals surface area contributed by atoms with Gasteiger partial charge in [-0.3, -0.25) is 0 Å². The number of para-hydroxylation sites is 2. The first-order chi connectivity index (χ1) is 27.3. The molecule has 0 bridgehead atoms. The zero-order chi connectivity index (χ0) is 36.0. The molecule has 9 aromatic carbocycles. The molecule has 0 fully saturated rings. The minimum Gasteiger partial charge on any atom is -0.309 e. The van der Waals surface area contributed by atoms with Crippen molar-refractivity contribution in [1.29, 1.82) is 0 Å². The lowest BCUT2D eigenvalue weighted by Crippen LogP contribution is -2.01. The fraction of sp³-hybridized carbons (Fsp3) is 0.0370. The molecule has 1 nitrogen and oxygen atoms in total. The zero-order valence-corrected chi connectivity index (χ0v) is 30.2. The molecule has 10 aromatic rings. The molecule has 0 saturated heterocycles. The Morgan fingerprint density at radius 3 is 1.87 bits per heavy atom. The predicted octanol–water partition coefficient (Wildman–Crippen LogP) is 14.0. The number of hydrogen-bond donors (Lipinski definition) is 0. The summed E-state index contributed by atoms with van der Waals surface area (Å²) in [6.45, 7) is 0. The van der Waals surface area contributed by atoms with Crippen LogP contribution in [0.15, 0.2) is 194 Å². The maximum absolute atomic E-state index is 2.47. The first kappa shape index (κ1) is 30.5. The maximum Gasteiger partial charge on any atom is 0.0541 e. The van der Waals surface area contributed by atoms with Crippen LogP contribution in [0.25, 0.3) is 82.8 Å². The van der Waals surface area contributed by atoms with Crippen LogP contribution in [0.5, 0.6) is 0 Å². The Bertz CT molecular complexity index is 3180. The van der Waals surface area contributed by atoms with E-state index in [-0.39, 0.29) is 5.92 Å². The minimum atomic E-state index is 0.125. The zero-order valence-electron chi connectivity index (χ0n) is 30.2. The van der Waals surface area contributed by atoms with Gasteiger partial charge in [-0.1, -0.05) is 158 Å². The van der Waals surface area contributed by atoms with E-state index in [4.69, 9.17) is 0 Å². The van der Waals surface area contributed by atoms with Gasteiger partial charge in [-0.15, -0.1) is 0 Å². The van der Waals surface area contributed by atoms with Crippen molar-refractivity contribution in [3.8, 4) is 50.2 Å². The van der Waals surface area contributed by atoms with Crippen LogP contribution in [0.4, 0.5) is 0 Å². The molecular formula is C54H35N. The Hall–Kier alpha value is -6.96. The van der Waals surface area contributed by atoms with Crippen molar-refractivity contribution >= 4 is 32.6 Å². The molecule has 0 spiro atoms. The van der Waals surface area contributed by atoms with Gasteiger partial charge in [0.05, 0.1) is 11.0 Å². The van der Waals surface area contributed by atoms with Gasteiger partial charge in [0.15, 0.2) is 0 Å². The van der Waals surface area contributed by atoms with Crippen molar-refractivity contribution in [2.24, 2.45) is 0 Å². The second kappa shape index (κ2) is 11.8. The number of fused-ring (bicyclic) bond motifs is 10. The van der Waals surface area contributed by atoms with Gasteiger partial charge in [0.2, 0.25) is 0 Å². The molecule has 55 heavy (non-hydrogen) atoms. The molecule has 1 heterocycles. The largest absolute Gasteiger partial charge is 0.309 e. The van der Waals surface area contributed by atoms with Crippen molar-refractivity contribution in [3.05, 3.63) is 222 Å². The molecule has 2 aliphatic rings. The molecule has 0 N–H and O–H groups in total. The third-order valence-electron chi connectivity index (χ3n) is 12.4. The van der Waals surface area contributed by atoms with E-state index in [0.717, 1.165) is 6.42 Å². The van der Waals surface area contributed by atoms with Crippen LogP contribution in [-0.4, -0.2) is 4.57 Å². The summed E-state index contributed by atoms with van der Waals surface area (Å²) in [5.74, 6) is 0.125. The second-order valence-corrected chi connectivity index (χ2v) is 15.2. The first-order valence-electron chi connectivity index (χ1n) is 19.3. The monoisotopic (exact) mass is 697 g/mol. The van der Waals surface area contributed by atoms with Gasteiger partial charge in [-0.05, 0) is 126 Å². The van der Waals surface area contributed by atoms with E-state index in [1.807, 2.05) is 0 Å². The standard InChI is InChI=1S/C54H35N/c1-2-14-37(15-3-1)55-52-26-9-8-18-46(52)50-31-35(28-30-53(50)55)34-27-29-45-42-17-6-7-19-47(42)54(51(45)32-34)48-25-12-22-40-41(21-11-23-43(40)48)44-24-10-20-39-38-16-5-4-13-36(38)33-49(39)44/h1-32,54H,33H2. The quantitative estimate of drug-likeness (QED) is 0.173. The third-order valence-corrected chi connectivity index (χ3v) is 12.4. The average Bonchev–Trinajstić information content (AvgIpc) is 3.91. The lowest BCUT2D eigenvalue weighted by atomic mass is 9.83. The van der Waals surface area contributed by atoms with E-state index in [1.165, 1.54) is 111 Å². The lowest BCUT2D eigenvalue weighted by molar-refractivity contribution is 1.03. The highest BCUT2D eigenvalue weighted by Gasteiger charge is 2.32. The van der Waals surface area contributed by atoms with Crippen molar-refractivity contribution in [2.45, 2.75) is 12.3 Å². The first-order valence-corrected chi connectivity index (χ1v) is 19.3. The van der Waals surface area contributed by atoms with E-state index in [0.29, 0.717) is 0 Å². The van der Waals surface area contributed by atoms with Gasteiger partial charge in [0, 0.05) is 22.4 Å². The maximum atomic E-state index is 2.47. The van der Waals surface area contributed by atoms with Crippen molar-refractivity contribution in [3.63, 3.8) is 0 Å². The van der Waals surface area contributed by atoms with Crippen LogP contribution in [0.1, 0.15) is 33.7 Å². The predicted molar refractivity (Wildman–Crippen MR) is 230 cm³/mol. The minimum absolute atomic E-state index is 0.125. The van der Waals surface area contributed by atoms with Gasteiger partial charge >= 0.3 is 0 Å². The molecule has 0 saturated carbocycles. The van der Waals surface area contributed by atoms with E-state index >= 15 is 0 Å².